The second-order valence-electron chi connectivity index (χ2n) is 3.72. The SMILES string of the molecule is CCC(CO)NC(=O)CSc1cc(Cl)ccc1Cl. The average Bonchev–Trinajstić information content (AvgIpc) is 2.37. The molecule has 100 valence electrons. The van der Waals surface area contributed by atoms with Crippen LogP contribution in [0.3, 0.4) is 0 Å². The number of halogens is 2. The molecule has 1 amide bonds. The smallest absolute Gasteiger partial charge is 0.230 e. The molecule has 0 heterocycles. The first kappa shape index (κ1) is 15.6. The first-order valence-electron chi connectivity index (χ1n) is 5.54. The van der Waals surface area contributed by atoms with Crippen LogP contribution in [0.25, 0.3) is 0 Å². The number of carbonyl (C=O) groups is 1. The average molecular weight is 308 g/mol. The van der Waals surface area contributed by atoms with Crippen LogP contribution in [0.1, 0.15) is 13.3 Å². The Morgan fingerprint density at radius 1 is 1.50 bits per heavy atom. The Labute approximate surface area is 121 Å². The van der Waals surface area contributed by atoms with Crippen LogP contribution in [0, 0.1) is 0 Å². The van der Waals surface area contributed by atoms with E-state index in [-0.39, 0.29) is 24.3 Å². The lowest BCUT2D eigenvalue weighted by Crippen LogP contribution is -2.37. The summed E-state index contributed by atoms with van der Waals surface area (Å²) in [4.78, 5) is 12.4. The van der Waals surface area contributed by atoms with Crippen molar-refractivity contribution in [2.24, 2.45) is 0 Å². The van der Waals surface area contributed by atoms with Crippen LogP contribution in [0.5, 0.6) is 0 Å². The van der Waals surface area contributed by atoms with Gasteiger partial charge in [0.05, 0.1) is 23.4 Å². The van der Waals surface area contributed by atoms with E-state index in [1.165, 1.54) is 11.8 Å². The van der Waals surface area contributed by atoms with Gasteiger partial charge >= 0.3 is 0 Å². The number of rotatable bonds is 6. The van der Waals surface area contributed by atoms with Gasteiger partial charge < -0.3 is 10.4 Å². The number of benzene rings is 1. The van der Waals surface area contributed by atoms with Crippen LogP contribution in [0.15, 0.2) is 23.1 Å². The highest BCUT2D eigenvalue weighted by atomic mass is 35.5. The van der Waals surface area contributed by atoms with Crippen molar-refractivity contribution in [1.29, 1.82) is 0 Å². The van der Waals surface area contributed by atoms with Crippen molar-refractivity contribution in [2.75, 3.05) is 12.4 Å². The number of aliphatic hydroxyl groups excluding tert-OH is 1. The number of hydrogen-bond acceptors (Lipinski definition) is 3. The van der Waals surface area contributed by atoms with Crippen LogP contribution < -0.4 is 5.32 Å². The Kier molecular flexibility index (Phi) is 6.86. The van der Waals surface area contributed by atoms with Crippen molar-refractivity contribution < 1.29 is 9.90 Å². The van der Waals surface area contributed by atoms with Crippen LogP contribution in [-0.4, -0.2) is 29.4 Å². The molecule has 0 spiro atoms. The zero-order valence-corrected chi connectivity index (χ0v) is 12.3. The molecule has 1 atom stereocenters. The summed E-state index contributed by atoms with van der Waals surface area (Å²) in [6.07, 6.45) is 0.699. The van der Waals surface area contributed by atoms with Gasteiger partial charge in [-0.2, -0.15) is 0 Å². The second kappa shape index (κ2) is 7.89. The highest BCUT2D eigenvalue weighted by Crippen LogP contribution is 2.29. The molecule has 1 unspecified atom stereocenters. The molecule has 1 aromatic rings. The monoisotopic (exact) mass is 307 g/mol. The van der Waals surface area contributed by atoms with Crippen molar-refractivity contribution in [1.82, 2.24) is 5.32 Å². The van der Waals surface area contributed by atoms with Crippen LogP contribution >= 0.6 is 35.0 Å². The minimum atomic E-state index is -0.187. The van der Waals surface area contributed by atoms with Gasteiger partial charge in [-0.25, -0.2) is 0 Å². The molecular weight excluding hydrogens is 293 g/mol. The fraction of sp³-hybridized carbons (Fsp3) is 0.417. The molecule has 0 fully saturated rings. The Morgan fingerprint density at radius 3 is 2.83 bits per heavy atom. The Morgan fingerprint density at radius 2 is 2.22 bits per heavy atom. The van der Waals surface area contributed by atoms with Gasteiger partial charge in [0.15, 0.2) is 0 Å². The molecule has 0 aliphatic heterocycles. The quantitative estimate of drug-likeness (QED) is 0.794. The second-order valence-corrected chi connectivity index (χ2v) is 5.58. The number of hydrogen-bond donors (Lipinski definition) is 2. The van der Waals surface area contributed by atoms with E-state index in [0.29, 0.717) is 16.5 Å². The molecule has 0 bridgehead atoms. The predicted octanol–water partition coefficient (Wildman–Crippen LogP) is 2.97. The first-order chi connectivity index (χ1) is 8.56. The van der Waals surface area contributed by atoms with E-state index in [0.717, 1.165) is 4.90 Å². The molecule has 0 saturated carbocycles. The molecule has 2 N–H and O–H groups in total. The number of aliphatic hydroxyl groups is 1. The van der Waals surface area contributed by atoms with E-state index < -0.39 is 0 Å². The van der Waals surface area contributed by atoms with Gasteiger partial charge in [0.1, 0.15) is 0 Å². The summed E-state index contributed by atoms with van der Waals surface area (Å²) in [6.45, 7) is 1.85. The molecule has 0 radical (unpaired) electrons. The van der Waals surface area contributed by atoms with E-state index in [1.807, 2.05) is 6.92 Å². The molecular formula is C12H15Cl2NO2S. The van der Waals surface area contributed by atoms with Gasteiger partial charge in [-0.15, -0.1) is 11.8 Å². The Balaban J connectivity index is 2.49. The van der Waals surface area contributed by atoms with Gasteiger partial charge in [-0.05, 0) is 24.6 Å². The van der Waals surface area contributed by atoms with Gasteiger partial charge in [0.25, 0.3) is 0 Å². The molecule has 0 saturated heterocycles. The molecule has 0 aromatic heterocycles. The maximum Gasteiger partial charge on any atom is 0.230 e. The number of carbonyl (C=O) groups excluding carboxylic acids is 1. The largest absolute Gasteiger partial charge is 0.394 e. The minimum Gasteiger partial charge on any atom is -0.394 e. The van der Waals surface area contributed by atoms with Crippen molar-refractivity contribution in [2.45, 2.75) is 24.3 Å². The molecule has 1 rings (SSSR count). The summed E-state index contributed by atoms with van der Waals surface area (Å²) >= 11 is 13.2. The molecule has 6 heteroatoms. The van der Waals surface area contributed by atoms with E-state index in [2.05, 4.69) is 5.32 Å². The topological polar surface area (TPSA) is 49.3 Å². The van der Waals surface area contributed by atoms with Gasteiger partial charge in [-0.3, -0.25) is 4.79 Å². The predicted molar refractivity (Wildman–Crippen MR) is 76.5 cm³/mol. The van der Waals surface area contributed by atoms with E-state index >= 15 is 0 Å². The fourth-order valence-electron chi connectivity index (χ4n) is 1.28. The number of nitrogens with one attached hydrogen (secondary N) is 1. The number of thioether (sulfide) groups is 1. The summed E-state index contributed by atoms with van der Waals surface area (Å²) in [7, 11) is 0. The van der Waals surface area contributed by atoms with E-state index in [1.54, 1.807) is 18.2 Å². The zero-order valence-electron chi connectivity index (χ0n) is 9.95. The van der Waals surface area contributed by atoms with Crippen molar-refractivity contribution >= 4 is 40.9 Å². The molecule has 0 aliphatic carbocycles. The standard InChI is InChI=1S/C12H15Cl2NO2S/c1-2-9(6-16)15-12(17)7-18-11-5-8(13)3-4-10(11)14/h3-5,9,16H,2,6-7H2,1H3,(H,15,17). The fourth-order valence-corrected chi connectivity index (χ4v) is 2.58. The summed E-state index contributed by atoms with van der Waals surface area (Å²) in [5.74, 6) is 0.119. The van der Waals surface area contributed by atoms with Crippen LogP contribution in [0.2, 0.25) is 10.0 Å². The van der Waals surface area contributed by atoms with Crippen molar-refractivity contribution in [3.05, 3.63) is 28.2 Å². The third-order valence-corrected chi connectivity index (χ3v) is 4.06. The summed E-state index contributed by atoms with van der Waals surface area (Å²) in [5, 5.41) is 12.9. The van der Waals surface area contributed by atoms with Crippen molar-refractivity contribution in [3.63, 3.8) is 0 Å². The lowest BCUT2D eigenvalue weighted by atomic mass is 10.2. The molecule has 1 aromatic carbocycles. The van der Waals surface area contributed by atoms with Gasteiger partial charge in [0, 0.05) is 9.92 Å². The van der Waals surface area contributed by atoms with E-state index in [4.69, 9.17) is 28.3 Å². The molecule has 0 aliphatic rings. The lowest BCUT2D eigenvalue weighted by Gasteiger charge is -2.13. The van der Waals surface area contributed by atoms with Crippen LogP contribution in [0.4, 0.5) is 0 Å². The van der Waals surface area contributed by atoms with Crippen LogP contribution in [-0.2, 0) is 4.79 Å². The third-order valence-electron chi connectivity index (χ3n) is 2.33. The molecule has 18 heavy (non-hydrogen) atoms. The summed E-state index contributed by atoms with van der Waals surface area (Å²) < 4.78 is 0. The van der Waals surface area contributed by atoms with Gasteiger partial charge in [-0.1, -0.05) is 30.1 Å². The third kappa shape index (κ3) is 5.06. The Bertz CT molecular complexity index is 411. The zero-order chi connectivity index (χ0) is 13.5. The minimum absolute atomic E-state index is 0.0508. The highest BCUT2D eigenvalue weighted by molar-refractivity contribution is 8.00. The Hall–Kier alpha value is -0.420. The number of amides is 1. The van der Waals surface area contributed by atoms with Gasteiger partial charge in [0.2, 0.25) is 5.91 Å². The maximum absolute atomic E-state index is 11.6. The summed E-state index contributed by atoms with van der Waals surface area (Å²) in [5.41, 5.74) is 0. The summed E-state index contributed by atoms with van der Waals surface area (Å²) in [6, 6.07) is 4.94. The highest BCUT2D eigenvalue weighted by Gasteiger charge is 2.10. The molecule has 3 nitrogen and oxygen atoms in total. The normalized spacial score (nSPS) is 12.2. The van der Waals surface area contributed by atoms with Crippen molar-refractivity contribution in [3.8, 4) is 0 Å². The first-order valence-corrected chi connectivity index (χ1v) is 7.29. The lowest BCUT2D eigenvalue weighted by molar-refractivity contribution is -0.119. The maximum atomic E-state index is 11.6. The van der Waals surface area contributed by atoms with E-state index in [9.17, 15) is 4.79 Å².